The van der Waals surface area contributed by atoms with Crippen LogP contribution < -0.4 is 20.3 Å². The predicted octanol–water partition coefficient (Wildman–Crippen LogP) is 3.08. The number of halogens is 1. The van der Waals surface area contributed by atoms with Crippen molar-refractivity contribution in [3.8, 4) is 0 Å². The van der Waals surface area contributed by atoms with Crippen molar-refractivity contribution >= 4 is 38.9 Å². The van der Waals surface area contributed by atoms with E-state index in [1.165, 1.54) is 24.3 Å². The molecule has 1 fully saturated rings. The normalized spacial score (nSPS) is 15.5. The summed E-state index contributed by atoms with van der Waals surface area (Å²) < 4.78 is 28.6. The van der Waals surface area contributed by atoms with Gasteiger partial charge in [-0.1, -0.05) is 18.5 Å². The molecule has 7 nitrogen and oxygen atoms in total. The molecule has 3 rings (SSSR count). The van der Waals surface area contributed by atoms with Gasteiger partial charge in [-0.05, 0) is 55.8 Å². The average Bonchev–Trinajstić information content (AvgIpc) is 2.74. The average molecular weight is 451 g/mol. The summed E-state index contributed by atoms with van der Waals surface area (Å²) in [7, 11) is -3.84. The van der Waals surface area contributed by atoms with Gasteiger partial charge in [0.1, 0.15) is 0 Å². The maximum atomic E-state index is 13.0. The molecule has 0 aliphatic carbocycles. The highest BCUT2D eigenvalue weighted by molar-refractivity contribution is 7.92. The topological polar surface area (TPSA) is 90.5 Å². The Labute approximate surface area is 182 Å². The number of hydrogen-bond donors (Lipinski definition) is 3. The Bertz CT molecular complexity index is 990. The molecule has 3 N–H and O–H groups in total. The molecule has 0 saturated carbocycles. The quantitative estimate of drug-likeness (QED) is 0.603. The van der Waals surface area contributed by atoms with Crippen LogP contribution in [0.5, 0.6) is 0 Å². The molecule has 1 heterocycles. The third kappa shape index (κ3) is 5.44. The van der Waals surface area contributed by atoms with E-state index >= 15 is 0 Å². The molecule has 1 aliphatic heterocycles. The van der Waals surface area contributed by atoms with Crippen molar-refractivity contribution in [3.63, 3.8) is 0 Å². The molecule has 1 aliphatic rings. The molecule has 1 atom stereocenters. The fourth-order valence-electron chi connectivity index (χ4n) is 3.17. The van der Waals surface area contributed by atoms with Crippen molar-refractivity contribution in [1.82, 2.24) is 10.6 Å². The Kier molecular flexibility index (Phi) is 7.23. The number of benzene rings is 2. The van der Waals surface area contributed by atoms with E-state index in [-0.39, 0.29) is 16.8 Å². The van der Waals surface area contributed by atoms with Gasteiger partial charge in [-0.3, -0.25) is 9.52 Å². The lowest BCUT2D eigenvalue weighted by Crippen LogP contribution is -2.43. The van der Waals surface area contributed by atoms with E-state index < -0.39 is 10.0 Å². The lowest BCUT2D eigenvalue weighted by molar-refractivity contribution is 0.0939. The third-order valence-electron chi connectivity index (χ3n) is 5.07. The summed E-state index contributed by atoms with van der Waals surface area (Å²) in [5.41, 5.74) is 1.53. The van der Waals surface area contributed by atoms with Gasteiger partial charge in [-0.25, -0.2) is 8.42 Å². The first-order valence-electron chi connectivity index (χ1n) is 9.99. The number of piperazine rings is 1. The Hall–Kier alpha value is -2.29. The van der Waals surface area contributed by atoms with Crippen LogP contribution in [-0.4, -0.2) is 46.5 Å². The second-order valence-electron chi connectivity index (χ2n) is 7.31. The molecule has 0 radical (unpaired) electrons. The van der Waals surface area contributed by atoms with Crippen LogP contribution in [0.4, 0.5) is 11.4 Å². The van der Waals surface area contributed by atoms with E-state index in [0.717, 1.165) is 38.3 Å². The van der Waals surface area contributed by atoms with Gasteiger partial charge in [0.25, 0.3) is 15.9 Å². The minimum atomic E-state index is -3.84. The first-order chi connectivity index (χ1) is 14.3. The van der Waals surface area contributed by atoms with Crippen molar-refractivity contribution in [2.45, 2.75) is 31.2 Å². The van der Waals surface area contributed by atoms with Gasteiger partial charge in [-0.2, -0.15) is 0 Å². The van der Waals surface area contributed by atoms with Gasteiger partial charge in [0.15, 0.2) is 0 Å². The lowest BCUT2D eigenvalue weighted by atomic mass is 10.1. The van der Waals surface area contributed by atoms with Crippen LogP contribution in [0.25, 0.3) is 0 Å². The van der Waals surface area contributed by atoms with Gasteiger partial charge in [0.05, 0.1) is 16.3 Å². The highest BCUT2D eigenvalue weighted by Crippen LogP contribution is 2.30. The van der Waals surface area contributed by atoms with Crippen molar-refractivity contribution in [1.29, 1.82) is 0 Å². The lowest BCUT2D eigenvalue weighted by Gasteiger charge is -2.31. The van der Waals surface area contributed by atoms with Gasteiger partial charge in [0, 0.05) is 42.8 Å². The van der Waals surface area contributed by atoms with E-state index in [1.54, 1.807) is 18.2 Å². The zero-order chi connectivity index (χ0) is 21.7. The second kappa shape index (κ2) is 9.68. The fourth-order valence-corrected chi connectivity index (χ4v) is 4.36. The third-order valence-corrected chi connectivity index (χ3v) is 6.71. The molecule has 0 unspecified atom stereocenters. The number of sulfonamides is 1. The summed E-state index contributed by atoms with van der Waals surface area (Å²) in [4.78, 5) is 14.8. The van der Waals surface area contributed by atoms with Crippen LogP contribution in [-0.2, 0) is 10.0 Å². The molecule has 2 aromatic rings. The van der Waals surface area contributed by atoms with E-state index in [9.17, 15) is 13.2 Å². The largest absolute Gasteiger partial charge is 0.367 e. The summed E-state index contributed by atoms with van der Waals surface area (Å²) >= 11 is 5.89. The Morgan fingerprint density at radius 1 is 1.17 bits per heavy atom. The minimum Gasteiger partial charge on any atom is -0.367 e. The van der Waals surface area contributed by atoms with Crippen molar-refractivity contribution in [2.24, 2.45) is 0 Å². The molecule has 0 spiro atoms. The van der Waals surface area contributed by atoms with Crippen LogP contribution in [0.1, 0.15) is 30.6 Å². The highest BCUT2D eigenvalue weighted by Gasteiger charge is 2.21. The van der Waals surface area contributed by atoms with E-state index in [2.05, 4.69) is 20.3 Å². The number of carbonyl (C=O) groups is 1. The van der Waals surface area contributed by atoms with Crippen molar-refractivity contribution < 1.29 is 13.2 Å². The predicted molar refractivity (Wildman–Crippen MR) is 121 cm³/mol. The molecule has 162 valence electrons. The number of anilines is 2. The molecule has 1 amide bonds. The molecule has 30 heavy (non-hydrogen) atoms. The van der Waals surface area contributed by atoms with Crippen LogP contribution in [0.2, 0.25) is 5.02 Å². The summed E-state index contributed by atoms with van der Waals surface area (Å²) in [6.07, 6.45) is 0.806. The van der Waals surface area contributed by atoms with E-state index in [0.29, 0.717) is 16.3 Å². The minimum absolute atomic E-state index is 0.0274. The zero-order valence-electron chi connectivity index (χ0n) is 17.1. The summed E-state index contributed by atoms with van der Waals surface area (Å²) in [5.74, 6) is -0.233. The Morgan fingerprint density at radius 2 is 1.83 bits per heavy atom. The fraction of sp³-hybridized carbons (Fsp3) is 0.381. The number of amides is 1. The number of hydrogen-bond acceptors (Lipinski definition) is 5. The van der Waals surface area contributed by atoms with Crippen molar-refractivity contribution in [3.05, 3.63) is 53.1 Å². The van der Waals surface area contributed by atoms with Crippen LogP contribution in [0, 0.1) is 0 Å². The van der Waals surface area contributed by atoms with Gasteiger partial charge >= 0.3 is 0 Å². The molecule has 9 heteroatoms. The van der Waals surface area contributed by atoms with Gasteiger partial charge in [-0.15, -0.1) is 0 Å². The number of nitrogens with zero attached hydrogens (tertiary/aromatic N) is 1. The van der Waals surface area contributed by atoms with Crippen molar-refractivity contribution in [2.75, 3.05) is 35.8 Å². The molecule has 1 saturated heterocycles. The zero-order valence-corrected chi connectivity index (χ0v) is 18.7. The monoisotopic (exact) mass is 450 g/mol. The number of nitrogens with one attached hydrogen (secondary N) is 3. The molecule has 0 bridgehead atoms. The van der Waals surface area contributed by atoms with E-state index in [4.69, 9.17) is 11.6 Å². The molecule has 0 aromatic heterocycles. The summed E-state index contributed by atoms with van der Waals surface area (Å²) in [6.45, 7) is 7.02. The molecular formula is C21H27ClN4O3S. The van der Waals surface area contributed by atoms with E-state index in [1.807, 2.05) is 13.8 Å². The first kappa shape index (κ1) is 22.4. The second-order valence-corrected chi connectivity index (χ2v) is 9.43. The maximum Gasteiger partial charge on any atom is 0.261 e. The van der Waals surface area contributed by atoms with Gasteiger partial charge < -0.3 is 15.5 Å². The Balaban J connectivity index is 1.96. The smallest absolute Gasteiger partial charge is 0.261 e. The molecule has 2 aromatic carbocycles. The van der Waals surface area contributed by atoms with Gasteiger partial charge in [0.2, 0.25) is 0 Å². The summed E-state index contributed by atoms with van der Waals surface area (Å²) in [5, 5.41) is 6.66. The standard InChI is InChI=1S/C21H27ClN4O3S/c1-3-15(2)24-21(27)16-4-9-20(26-12-10-23-11-13-26)19(14-16)25-30(28,29)18-7-5-17(22)6-8-18/h4-9,14-15,23,25H,3,10-13H2,1-2H3,(H,24,27)/t15-/m1/s1. The number of rotatable bonds is 7. The maximum absolute atomic E-state index is 13.0. The first-order valence-corrected chi connectivity index (χ1v) is 11.8. The van der Waals surface area contributed by atoms with Crippen LogP contribution >= 0.6 is 11.6 Å². The summed E-state index contributed by atoms with van der Waals surface area (Å²) in [6, 6.07) is 11.1. The van der Waals surface area contributed by atoms with Crippen LogP contribution in [0.15, 0.2) is 47.4 Å². The van der Waals surface area contributed by atoms with Crippen LogP contribution in [0.3, 0.4) is 0 Å². The Morgan fingerprint density at radius 3 is 2.47 bits per heavy atom. The molecular weight excluding hydrogens is 424 g/mol. The highest BCUT2D eigenvalue weighted by atomic mass is 35.5. The number of carbonyl (C=O) groups excluding carboxylic acids is 1. The SMILES string of the molecule is CC[C@@H](C)NC(=O)c1ccc(N2CCNCC2)c(NS(=O)(=O)c2ccc(Cl)cc2)c1.